The first-order valence-electron chi connectivity index (χ1n) is 29.0. The Morgan fingerprint density at radius 3 is 1.29 bits per heavy atom. The molecule has 0 unspecified atom stereocenters. The number of nitrogens with zero attached hydrogens (tertiary/aromatic N) is 9. The van der Waals surface area contributed by atoms with Crippen LogP contribution in [-0.2, 0) is 24.4 Å². The Balaban J connectivity index is 0.000000133. The second kappa shape index (κ2) is 26.5. The van der Waals surface area contributed by atoms with Crippen molar-refractivity contribution in [3.05, 3.63) is 106 Å². The Hall–Kier alpha value is -6.74. The number of sulfonamides is 1. The molecule has 6 N–H and O–H groups in total. The van der Waals surface area contributed by atoms with E-state index < -0.39 is 10.0 Å². The fourth-order valence-corrected chi connectivity index (χ4v) is 13.5. The third-order valence-electron chi connectivity index (χ3n) is 17.2. The number of H-pyrrole nitrogens is 4. The zero-order chi connectivity index (χ0) is 59.3. The quantitative estimate of drug-likeness (QED) is 0.0910. The molecule has 8 aromatic rings. The number of carbonyl (C=O) groups excluding carboxylic acids is 3. The van der Waals surface area contributed by atoms with Crippen LogP contribution in [0.15, 0.2) is 73.3 Å². The number of piperidine rings is 4. The number of likely N-dealkylation sites (tertiary alicyclic amines) is 1. The number of aromatic amines is 4. The van der Waals surface area contributed by atoms with Gasteiger partial charge >= 0.3 is 0 Å². The minimum Gasteiger partial charge on any atom is -0.371 e. The van der Waals surface area contributed by atoms with Gasteiger partial charge in [-0.2, -0.15) is 20.4 Å². The molecule has 4 aliphatic rings. The largest absolute Gasteiger partial charge is 0.371 e. The number of primary amides is 1. The molecule has 4 aromatic carbocycles. The van der Waals surface area contributed by atoms with Gasteiger partial charge in [-0.05, 0) is 134 Å². The van der Waals surface area contributed by atoms with Crippen molar-refractivity contribution in [2.24, 2.45) is 17.6 Å². The van der Waals surface area contributed by atoms with Crippen molar-refractivity contribution in [2.75, 3.05) is 82.5 Å². The van der Waals surface area contributed by atoms with Gasteiger partial charge in [-0.3, -0.25) is 34.8 Å². The summed E-state index contributed by atoms with van der Waals surface area (Å²) >= 11 is 12.3. The monoisotopic (exact) mass is 1190 g/mol. The summed E-state index contributed by atoms with van der Waals surface area (Å²) in [5.74, 6) is 2.25. The van der Waals surface area contributed by atoms with Crippen molar-refractivity contribution in [3.8, 4) is 0 Å². The average Bonchev–Trinajstić information content (AvgIpc) is 3.40. The highest BCUT2D eigenvalue weighted by Crippen LogP contribution is 2.38. The van der Waals surface area contributed by atoms with Gasteiger partial charge in [-0.1, -0.05) is 63.0 Å². The molecule has 22 heteroatoms. The van der Waals surface area contributed by atoms with E-state index in [4.69, 9.17) is 28.9 Å². The summed E-state index contributed by atoms with van der Waals surface area (Å²) in [6, 6.07) is 16.7. The Kier molecular flexibility index (Phi) is 19.4. The Morgan fingerprint density at radius 1 is 0.554 bits per heavy atom. The molecule has 4 aromatic heterocycles. The molecule has 83 heavy (non-hydrogen) atoms. The van der Waals surface area contributed by atoms with Gasteiger partial charge in [0, 0.05) is 128 Å². The lowest BCUT2D eigenvalue weighted by atomic mass is 9.85. The first-order valence-corrected chi connectivity index (χ1v) is 31.6. The van der Waals surface area contributed by atoms with Crippen LogP contribution < -0.4 is 15.5 Å². The molecular weight excluding hydrogens is 1110 g/mol. The maximum atomic E-state index is 12.0. The Morgan fingerprint density at radius 2 is 0.928 bits per heavy atom. The van der Waals surface area contributed by atoms with E-state index in [1.54, 1.807) is 22.3 Å². The third-order valence-corrected chi connectivity index (χ3v) is 18.9. The van der Waals surface area contributed by atoms with E-state index in [-0.39, 0.29) is 29.6 Å². The summed E-state index contributed by atoms with van der Waals surface area (Å²) in [5.41, 5.74) is 17.0. The van der Waals surface area contributed by atoms with Gasteiger partial charge < -0.3 is 25.3 Å². The molecule has 0 atom stereocenters. The third kappa shape index (κ3) is 14.4. The van der Waals surface area contributed by atoms with Crippen LogP contribution in [0.3, 0.4) is 0 Å². The van der Waals surface area contributed by atoms with Crippen molar-refractivity contribution < 1.29 is 22.8 Å². The minimum atomic E-state index is -3.07. The van der Waals surface area contributed by atoms with Crippen LogP contribution in [0.1, 0.15) is 132 Å². The van der Waals surface area contributed by atoms with Gasteiger partial charge in [0.2, 0.25) is 27.7 Å². The summed E-state index contributed by atoms with van der Waals surface area (Å²) in [6.45, 7) is 16.8. The first-order chi connectivity index (χ1) is 39.6. The van der Waals surface area contributed by atoms with Crippen molar-refractivity contribution in [3.63, 3.8) is 0 Å². The molecule has 4 fully saturated rings. The first kappa shape index (κ1) is 60.8. The number of benzene rings is 4. The van der Waals surface area contributed by atoms with Gasteiger partial charge in [0.25, 0.3) is 0 Å². The predicted molar refractivity (Wildman–Crippen MR) is 333 cm³/mol. The molecule has 4 aliphatic heterocycles. The highest BCUT2D eigenvalue weighted by Gasteiger charge is 2.30. The van der Waals surface area contributed by atoms with Crippen molar-refractivity contribution in [2.45, 2.75) is 110 Å². The number of amides is 3. The van der Waals surface area contributed by atoms with E-state index in [0.29, 0.717) is 46.8 Å². The zero-order valence-electron chi connectivity index (χ0n) is 49.0. The average molecular weight is 1190 g/mol. The fraction of sp³-hybridized carbons (Fsp3) is 0.492. The molecular formula is C61H80Cl2N14O5S. The fourth-order valence-electron chi connectivity index (χ4n) is 12.2. The summed E-state index contributed by atoms with van der Waals surface area (Å²) in [7, 11) is 0.570. The number of nitrogens with two attached hydrogens (primary N) is 1. The molecule has 12 rings (SSSR count). The smallest absolute Gasteiger partial charge is 0.225 e. The lowest BCUT2D eigenvalue weighted by Crippen LogP contribution is -2.40. The van der Waals surface area contributed by atoms with Gasteiger partial charge in [0.15, 0.2) is 0 Å². The summed E-state index contributed by atoms with van der Waals surface area (Å²) < 4.78 is 24.9. The van der Waals surface area contributed by atoms with Gasteiger partial charge in [-0.25, -0.2) is 12.7 Å². The maximum absolute atomic E-state index is 12.0. The topological polar surface area (TPSA) is 242 Å². The number of carbonyl (C=O) groups is 3. The van der Waals surface area contributed by atoms with Gasteiger partial charge in [0.1, 0.15) is 0 Å². The van der Waals surface area contributed by atoms with Gasteiger partial charge in [0.05, 0.1) is 53.1 Å². The SMILES string of the molecule is CC(=O)N1CCC(c2cc(C(C)C)cc3[nH]ncc23)CC1.CC(C)c1cc(C2CCN(S(C)(=O)=O)CC2)c2cn[nH]c2c1.CN(C)C(=O)C1CCN(c2cc(Cl)cc3[nH]ncc23)CC1.NC(=O)C1CCN(c2cc(Cl)cc3[nH]ncc23)CC1. The second-order valence-electron chi connectivity index (χ2n) is 23.6. The van der Waals surface area contributed by atoms with E-state index in [1.807, 2.05) is 61.9 Å². The second-order valence-corrected chi connectivity index (χ2v) is 26.4. The van der Waals surface area contributed by atoms with Crippen LogP contribution in [0.4, 0.5) is 11.4 Å². The van der Waals surface area contributed by atoms with Crippen LogP contribution in [0.5, 0.6) is 0 Å². The van der Waals surface area contributed by atoms with E-state index in [9.17, 15) is 22.8 Å². The number of nitrogens with one attached hydrogen (secondary N) is 4. The lowest BCUT2D eigenvalue weighted by molar-refractivity contribution is -0.133. The number of halogens is 2. The van der Waals surface area contributed by atoms with Crippen molar-refractivity contribution in [1.82, 2.24) is 54.9 Å². The molecule has 8 heterocycles. The number of hydrogen-bond acceptors (Lipinski definition) is 11. The molecule has 19 nitrogen and oxygen atoms in total. The minimum absolute atomic E-state index is 0.00438. The molecule has 0 aliphatic carbocycles. The Bertz CT molecular complexity index is 3650. The molecule has 444 valence electrons. The maximum Gasteiger partial charge on any atom is 0.225 e. The zero-order valence-corrected chi connectivity index (χ0v) is 51.3. The number of rotatable bonds is 9. The molecule has 0 bridgehead atoms. The van der Waals surface area contributed by atoms with Gasteiger partial charge in [-0.15, -0.1) is 0 Å². The predicted octanol–water partition coefficient (Wildman–Crippen LogP) is 10.7. The molecule has 3 amide bonds. The number of hydrogen-bond donors (Lipinski definition) is 5. The summed E-state index contributed by atoms with van der Waals surface area (Å²) in [5, 5.41) is 34.5. The standard InChI is InChI=1S/C17H23N3O.C16H23N3O2S.C15H19ClN4O.C13H15ClN4O/c1-11(2)14-8-15(16-10-18-19-17(16)9-14)13-4-6-20(7-5-13)12(3)21;1-11(2)13-8-14(15-10-17-18-16(15)9-13)12-4-6-19(7-5-12)22(3,20)21;1-19(2)15(21)10-3-5-20(6-4-10)14-8-11(16)7-13-12(14)9-17-18-13;14-9-5-11-10(7-16-17-11)12(6-9)18-3-1-8(2-4-18)13(15)19/h8-11,13H,4-7H2,1-3H3,(H,18,19);8-12H,4-7H2,1-3H3,(H,17,18);7-10H,3-6H2,1-2H3,(H,17,18);5-8H,1-4H2,(H2,15,19)(H,16,17). The van der Waals surface area contributed by atoms with Crippen LogP contribution in [-0.4, -0.2) is 154 Å². The van der Waals surface area contributed by atoms with E-state index in [0.717, 1.165) is 135 Å². The number of anilines is 2. The molecule has 0 spiro atoms. The van der Waals surface area contributed by atoms with Crippen LogP contribution in [0.2, 0.25) is 10.0 Å². The van der Waals surface area contributed by atoms with Crippen LogP contribution in [0, 0.1) is 11.8 Å². The molecule has 4 saturated heterocycles. The molecule has 0 radical (unpaired) electrons. The van der Waals surface area contributed by atoms with Crippen LogP contribution >= 0.6 is 23.2 Å². The summed E-state index contributed by atoms with van der Waals surface area (Å²) in [6.07, 6.45) is 15.9. The van der Waals surface area contributed by atoms with E-state index in [1.165, 1.54) is 39.3 Å². The Labute approximate surface area is 496 Å². The number of fused-ring (bicyclic) bond motifs is 4. The van der Waals surface area contributed by atoms with Crippen LogP contribution in [0.25, 0.3) is 43.6 Å². The van der Waals surface area contributed by atoms with Crippen molar-refractivity contribution >= 4 is 106 Å². The molecule has 0 saturated carbocycles. The highest BCUT2D eigenvalue weighted by atomic mass is 35.5. The highest BCUT2D eigenvalue weighted by molar-refractivity contribution is 7.88. The van der Waals surface area contributed by atoms with E-state index in [2.05, 4.69) is 103 Å². The summed E-state index contributed by atoms with van der Waals surface area (Å²) in [4.78, 5) is 42.9. The normalized spacial score (nSPS) is 17.2. The lowest BCUT2D eigenvalue weighted by Gasteiger charge is -2.34. The number of aromatic nitrogens is 8. The van der Waals surface area contributed by atoms with E-state index >= 15 is 0 Å². The van der Waals surface area contributed by atoms with Crippen molar-refractivity contribution in [1.29, 1.82) is 0 Å².